The Hall–Kier alpha value is -5.98. The number of carbonyl (C=O) groups excluding carboxylic acids is 4. The highest BCUT2D eigenvalue weighted by molar-refractivity contribution is 7.81. The maximum absolute atomic E-state index is 14.0. The molecular weight excluding hydrogens is 948 g/mol. The molecule has 0 aliphatic carbocycles. The van der Waals surface area contributed by atoms with Gasteiger partial charge in [-0.05, 0) is 104 Å². The number of rotatable bonds is 20. The van der Waals surface area contributed by atoms with Crippen LogP contribution < -0.4 is 25.2 Å². The molecule has 0 unspecified atom stereocenters. The van der Waals surface area contributed by atoms with Gasteiger partial charge in [0.2, 0.25) is 17.7 Å². The minimum atomic E-state index is -4.81. The third-order valence-electron chi connectivity index (χ3n) is 11.9. The van der Waals surface area contributed by atoms with Crippen LogP contribution >= 0.6 is 23.6 Å². The Morgan fingerprint density at radius 2 is 1.57 bits per heavy atom. The first-order chi connectivity index (χ1) is 33.1. The summed E-state index contributed by atoms with van der Waals surface area (Å²) in [6.07, 6.45) is -4.29. The first-order valence-electron chi connectivity index (χ1n) is 22.7. The van der Waals surface area contributed by atoms with E-state index in [0.717, 1.165) is 38.7 Å². The number of nitriles is 1. The summed E-state index contributed by atoms with van der Waals surface area (Å²) in [4.78, 5) is 63.7. The van der Waals surface area contributed by atoms with Crippen molar-refractivity contribution in [1.29, 1.82) is 5.26 Å². The lowest BCUT2D eigenvalue weighted by atomic mass is 9.85. The van der Waals surface area contributed by atoms with Gasteiger partial charge >= 0.3 is 6.18 Å². The summed E-state index contributed by atoms with van der Waals surface area (Å²) in [6.45, 7) is 14.5. The molecule has 1 aromatic heterocycles. The molecular formula is C50H58F3N7O8S2. The number of likely N-dealkylation sites (tertiary alicyclic amines) is 1. The second kappa shape index (κ2) is 22.8. The van der Waals surface area contributed by atoms with Crippen LogP contribution in [0.4, 0.5) is 24.5 Å². The minimum absolute atomic E-state index is 0.0184. The number of anilines is 2. The molecule has 3 atom stereocenters. The minimum Gasteiger partial charge on any atom is -0.491 e. The van der Waals surface area contributed by atoms with Crippen molar-refractivity contribution in [3.8, 4) is 22.3 Å². The Balaban J connectivity index is 0.867. The molecule has 0 spiro atoms. The molecule has 0 bridgehead atoms. The second-order valence-corrected chi connectivity index (χ2v) is 19.9. The van der Waals surface area contributed by atoms with Crippen LogP contribution in [-0.4, -0.2) is 109 Å². The fourth-order valence-electron chi connectivity index (χ4n) is 8.19. The van der Waals surface area contributed by atoms with E-state index in [1.807, 2.05) is 64.4 Å². The predicted octanol–water partition coefficient (Wildman–Crippen LogP) is 7.44. The van der Waals surface area contributed by atoms with Gasteiger partial charge < -0.3 is 39.4 Å². The van der Waals surface area contributed by atoms with Crippen LogP contribution in [0.3, 0.4) is 0 Å². The number of aryl methyl sites for hydroxylation is 1. The van der Waals surface area contributed by atoms with Crippen LogP contribution in [0.25, 0.3) is 10.4 Å². The summed E-state index contributed by atoms with van der Waals surface area (Å²) in [5.74, 6) is -0.955. The topological polar surface area (TPSA) is 176 Å². The Morgan fingerprint density at radius 1 is 0.943 bits per heavy atom. The zero-order valence-corrected chi connectivity index (χ0v) is 41.8. The average Bonchev–Trinajstić information content (AvgIpc) is 3.98. The number of hydrogen-bond acceptors (Lipinski definition) is 12. The molecule has 3 heterocycles. The SMILES string of the molecule is Cc1ncsc1-c1ccc(CNC(=O)[C@@H]2C[C@@H](C)CN2C(=O)[C@@H](NC(=O)COCCOCCOCCOc2ccc(N3C(=S)N(c4ccc(C#N)c(C(F)(F)F)c4)C(=O)C3(C)C)cc2)C(C)(C)C)cc1. The fourth-order valence-corrected chi connectivity index (χ4v) is 9.52. The highest BCUT2D eigenvalue weighted by Crippen LogP contribution is 2.40. The summed E-state index contributed by atoms with van der Waals surface area (Å²) < 4.78 is 63.6. The molecule has 20 heteroatoms. The number of thiazole rings is 1. The smallest absolute Gasteiger partial charge is 0.417 e. The maximum atomic E-state index is 14.0. The average molecular weight is 1010 g/mol. The van der Waals surface area contributed by atoms with Gasteiger partial charge in [-0.1, -0.05) is 52.0 Å². The molecule has 6 rings (SSSR count). The standard InChI is InChI=1S/C50H58F3N7O8S2/c1-31-24-40(44(62)55-27-33-8-10-34(11-9-33)42-32(2)56-30-70-42)58(28-31)45(63)43(48(3,4)5)57-41(61)29-67-21-20-65-18-19-66-22-23-68-38-16-14-36(15-17-38)60-47(69)59(46(64)49(60,6)7)37-13-12-35(26-54)39(25-37)50(51,52)53/h8-17,25,30-31,40,43H,18-24,27-29H2,1-7H3,(H,55,62)(H,57,61)/t31-,40+,43-/m1/s1. The highest BCUT2D eigenvalue weighted by atomic mass is 32.1. The molecule has 0 radical (unpaired) electrons. The lowest BCUT2D eigenvalue weighted by Gasteiger charge is -2.35. The van der Waals surface area contributed by atoms with Crippen molar-refractivity contribution in [2.24, 2.45) is 11.3 Å². The number of carbonyl (C=O) groups is 4. The summed E-state index contributed by atoms with van der Waals surface area (Å²) in [7, 11) is 0. The Labute approximate surface area is 415 Å². The monoisotopic (exact) mass is 1010 g/mol. The molecule has 2 aliphatic rings. The van der Waals surface area contributed by atoms with Gasteiger partial charge in [0.25, 0.3) is 5.91 Å². The van der Waals surface area contributed by atoms with Crippen LogP contribution in [0, 0.1) is 29.6 Å². The van der Waals surface area contributed by atoms with E-state index in [1.165, 1.54) is 6.07 Å². The second-order valence-electron chi connectivity index (χ2n) is 18.7. The van der Waals surface area contributed by atoms with E-state index in [-0.39, 0.29) is 74.8 Å². The molecule has 2 N–H and O–H groups in total. The van der Waals surface area contributed by atoms with Gasteiger partial charge in [-0.3, -0.25) is 24.1 Å². The van der Waals surface area contributed by atoms with Crippen LogP contribution in [0.5, 0.6) is 5.75 Å². The Kier molecular flexibility index (Phi) is 17.4. The number of ether oxygens (including phenoxy) is 4. The van der Waals surface area contributed by atoms with E-state index < -0.39 is 52.2 Å². The van der Waals surface area contributed by atoms with Crippen molar-refractivity contribution >= 4 is 63.7 Å². The molecule has 374 valence electrons. The molecule has 4 aromatic rings. The first-order valence-corrected chi connectivity index (χ1v) is 24.0. The van der Waals surface area contributed by atoms with E-state index in [2.05, 4.69) is 15.6 Å². The van der Waals surface area contributed by atoms with Crippen molar-refractivity contribution in [1.82, 2.24) is 20.5 Å². The Bertz CT molecular complexity index is 2560. The summed E-state index contributed by atoms with van der Waals surface area (Å²) in [6, 6.07) is 17.7. The van der Waals surface area contributed by atoms with Gasteiger partial charge in [-0.15, -0.1) is 11.3 Å². The summed E-state index contributed by atoms with van der Waals surface area (Å²) in [5.41, 5.74) is 1.59. The lowest BCUT2D eigenvalue weighted by molar-refractivity contribution is -0.144. The van der Waals surface area contributed by atoms with Crippen molar-refractivity contribution in [3.05, 3.63) is 94.6 Å². The number of hydrogen-bond donors (Lipinski definition) is 2. The van der Waals surface area contributed by atoms with Crippen LogP contribution in [0.1, 0.15) is 70.3 Å². The Morgan fingerprint density at radius 3 is 2.17 bits per heavy atom. The number of aromatic nitrogens is 1. The van der Waals surface area contributed by atoms with E-state index >= 15 is 0 Å². The van der Waals surface area contributed by atoms with Crippen molar-refractivity contribution in [2.75, 3.05) is 62.6 Å². The zero-order valence-electron chi connectivity index (χ0n) is 40.2. The molecule has 70 heavy (non-hydrogen) atoms. The molecule has 2 fully saturated rings. The normalized spacial score (nSPS) is 17.4. The molecule has 2 saturated heterocycles. The van der Waals surface area contributed by atoms with Crippen LogP contribution in [0.2, 0.25) is 0 Å². The maximum Gasteiger partial charge on any atom is 0.417 e. The number of nitrogens with zero attached hydrogens (tertiary/aromatic N) is 5. The van der Waals surface area contributed by atoms with Crippen LogP contribution in [-0.2, 0) is 46.1 Å². The van der Waals surface area contributed by atoms with Gasteiger partial charge in [-0.2, -0.15) is 18.4 Å². The number of thiocarbonyl (C=S) groups is 1. The lowest BCUT2D eigenvalue weighted by Crippen LogP contribution is -2.58. The van der Waals surface area contributed by atoms with Crippen molar-refractivity contribution in [2.45, 2.75) is 85.2 Å². The first kappa shape index (κ1) is 53.4. The molecule has 15 nitrogen and oxygen atoms in total. The van der Waals surface area contributed by atoms with Gasteiger partial charge in [0.1, 0.15) is 36.6 Å². The third kappa shape index (κ3) is 12.9. The van der Waals surface area contributed by atoms with Crippen LogP contribution in [0.15, 0.2) is 72.2 Å². The number of alkyl halides is 3. The third-order valence-corrected chi connectivity index (χ3v) is 13.2. The predicted molar refractivity (Wildman–Crippen MR) is 262 cm³/mol. The van der Waals surface area contributed by atoms with Crippen molar-refractivity contribution < 1.29 is 51.3 Å². The highest BCUT2D eigenvalue weighted by Gasteiger charge is 2.51. The van der Waals surface area contributed by atoms with E-state index in [9.17, 15) is 37.6 Å². The van der Waals surface area contributed by atoms with Gasteiger partial charge in [0.05, 0.1) is 72.0 Å². The number of halogens is 3. The number of nitrogens with one attached hydrogen (secondary N) is 2. The van der Waals surface area contributed by atoms with E-state index in [4.69, 9.17) is 31.2 Å². The number of benzene rings is 3. The molecule has 0 saturated carbocycles. The van der Waals surface area contributed by atoms with E-state index in [0.29, 0.717) is 30.9 Å². The van der Waals surface area contributed by atoms with Gasteiger partial charge in [0.15, 0.2) is 5.11 Å². The largest absolute Gasteiger partial charge is 0.491 e. The van der Waals surface area contributed by atoms with Gasteiger partial charge in [-0.25, -0.2) is 4.98 Å². The number of amides is 4. The summed E-state index contributed by atoms with van der Waals surface area (Å²) in [5, 5.41) is 15.0. The molecule has 4 amide bonds. The summed E-state index contributed by atoms with van der Waals surface area (Å²) >= 11 is 7.19. The zero-order chi connectivity index (χ0) is 51.0. The fraction of sp³-hybridized carbons (Fsp3) is 0.460. The van der Waals surface area contributed by atoms with Crippen molar-refractivity contribution in [3.63, 3.8) is 0 Å². The van der Waals surface area contributed by atoms with Gasteiger partial charge in [0, 0.05) is 18.8 Å². The quantitative estimate of drug-likeness (QED) is 0.0663. The molecule has 3 aromatic carbocycles. The molecule has 2 aliphatic heterocycles. The van der Waals surface area contributed by atoms with E-state index in [1.54, 1.807) is 65.3 Å².